The Morgan fingerprint density at radius 2 is 2.15 bits per heavy atom. The molecule has 0 bridgehead atoms. The van der Waals surface area contributed by atoms with E-state index in [2.05, 4.69) is 26.3 Å². The summed E-state index contributed by atoms with van der Waals surface area (Å²) in [6.07, 6.45) is 3.66. The van der Waals surface area contributed by atoms with Crippen LogP contribution >= 0.6 is 0 Å². The monoisotopic (exact) mass is 372 g/mol. The number of nitrogens with one attached hydrogen (secondary N) is 3. The summed E-state index contributed by atoms with van der Waals surface area (Å²) in [7, 11) is 0. The van der Waals surface area contributed by atoms with Crippen molar-refractivity contribution in [3.63, 3.8) is 0 Å². The Balaban J connectivity index is 1.43. The highest BCUT2D eigenvalue weighted by molar-refractivity contribution is 5.91. The van der Waals surface area contributed by atoms with E-state index in [-0.39, 0.29) is 11.8 Å². The summed E-state index contributed by atoms with van der Waals surface area (Å²) >= 11 is 0. The van der Waals surface area contributed by atoms with E-state index >= 15 is 0 Å². The van der Waals surface area contributed by atoms with Crippen LogP contribution in [0.5, 0.6) is 5.75 Å². The number of hydrogen-bond donors (Lipinski definition) is 3. The number of aromatic nitrogens is 3. The van der Waals surface area contributed by atoms with Gasteiger partial charge in [-0.15, -0.1) is 5.10 Å². The Kier molecular flexibility index (Phi) is 6.37. The Morgan fingerprint density at radius 1 is 1.33 bits per heavy atom. The van der Waals surface area contributed by atoms with E-state index in [9.17, 15) is 9.59 Å². The van der Waals surface area contributed by atoms with Crippen LogP contribution in [0.3, 0.4) is 0 Å². The summed E-state index contributed by atoms with van der Waals surface area (Å²) in [5.41, 5.74) is 0.972. The maximum Gasteiger partial charge on any atom is 0.273 e. The minimum Gasteiger partial charge on any atom is -0.492 e. The van der Waals surface area contributed by atoms with Crippen molar-refractivity contribution in [1.29, 1.82) is 0 Å². The molecule has 9 heteroatoms. The molecule has 1 aliphatic heterocycles. The van der Waals surface area contributed by atoms with Gasteiger partial charge in [-0.2, -0.15) is 0 Å². The first-order valence-electron chi connectivity index (χ1n) is 9.03. The van der Waals surface area contributed by atoms with Gasteiger partial charge < -0.3 is 20.7 Å². The summed E-state index contributed by atoms with van der Waals surface area (Å²) in [6, 6.07) is 7.38. The topological polar surface area (TPSA) is 110 Å². The fraction of sp³-hybridized carbons (Fsp3) is 0.444. The van der Waals surface area contributed by atoms with Crippen LogP contribution < -0.4 is 20.7 Å². The van der Waals surface area contributed by atoms with E-state index in [0.29, 0.717) is 36.3 Å². The first-order chi connectivity index (χ1) is 13.1. The van der Waals surface area contributed by atoms with Gasteiger partial charge in [0.2, 0.25) is 5.91 Å². The van der Waals surface area contributed by atoms with Crippen LogP contribution in [0.15, 0.2) is 30.5 Å². The zero-order valence-electron chi connectivity index (χ0n) is 15.3. The minimum absolute atomic E-state index is 0.142. The van der Waals surface area contributed by atoms with Gasteiger partial charge in [0.15, 0.2) is 5.69 Å². The zero-order valence-corrected chi connectivity index (χ0v) is 15.3. The van der Waals surface area contributed by atoms with Crippen LogP contribution in [0, 0.1) is 0 Å². The summed E-state index contributed by atoms with van der Waals surface area (Å²) in [5, 5.41) is 16.8. The SMILES string of the molecule is CC(=O)Nc1cccc(OCCNC(=O)c2cn(C3CCNCC3)nn2)c1. The van der Waals surface area contributed by atoms with Gasteiger partial charge in [-0.1, -0.05) is 11.3 Å². The lowest BCUT2D eigenvalue weighted by Gasteiger charge is -2.22. The Bertz CT molecular complexity index is 785. The van der Waals surface area contributed by atoms with Gasteiger partial charge in [-0.3, -0.25) is 9.59 Å². The van der Waals surface area contributed by atoms with Crippen molar-refractivity contribution in [1.82, 2.24) is 25.6 Å². The molecule has 0 atom stereocenters. The molecule has 1 aromatic heterocycles. The van der Waals surface area contributed by atoms with Gasteiger partial charge in [0.25, 0.3) is 5.91 Å². The van der Waals surface area contributed by atoms with Gasteiger partial charge >= 0.3 is 0 Å². The lowest BCUT2D eigenvalue weighted by atomic mass is 10.1. The van der Waals surface area contributed by atoms with Gasteiger partial charge in [0.05, 0.1) is 18.8 Å². The second-order valence-corrected chi connectivity index (χ2v) is 6.38. The number of benzene rings is 1. The molecule has 1 saturated heterocycles. The van der Waals surface area contributed by atoms with Gasteiger partial charge in [-0.25, -0.2) is 4.68 Å². The second kappa shape index (κ2) is 9.13. The maximum atomic E-state index is 12.2. The van der Waals surface area contributed by atoms with Crippen molar-refractivity contribution in [3.8, 4) is 5.75 Å². The molecule has 2 amide bonds. The third kappa shape index (κ3) is 5.52. The van der Waals surface area contributed by atoms with Crippen LogP contribution in [-0.2, 0) is 4.79 Å². The maximum absolute atomic E-state index is 12.2. The van der Waals surface area contributed by atoms with Crippen LogP contribution in [-0.4, -0.2) is 53.0 Å². The van der Waals surface area contributed by atoms with Crippen LogP contribution in [0.4, 0.5) is 5.69 Å². The molecule has 0 radical (unpaired) electrons. The molecular formula is C18H24N6O3. The third-order valence-corrected chi connectivity index (χ3v) is 4.24. The summed E-state index contributed by atoms with van der Waals surface area (Å²) in [4.78, 5) is 23.3. The Morgan fingerprint density at radius 3 is 2.93 bits per heavy atom. The first-order valence-corrected chi connectivity index (χ1v) is 9.03. The third-order valence-electron chi connectivity index (χ3n) is 4.24. The van der Waals surface area contributed by atoms with Gasteiger partial charge in [-0.05, 0) is 38.1 Å². The molecule has 9 nitrogen and oxygen atoms in total. The average Bonchev–Trinajstić information content (AvgIpc) is 3.16. The molecule has 1 aliphatic rings. The molecule has 3 rings (SSSR count). The zero-order chi connectivity index (χ0) is 19.1. The number of nitrogens with zero attached hydrogens (tertiary/aromatic N) is 3. The van der Waals surface area contributed by atoms with E-state index in [1.807, 2.05) is 0 Å². The highest BCUT2D eigenvalue weighted by atomic mass is 16.5. The summed E-state index contributed by atoms with van der Waals surface area (Å²) < 4.78 is 7.38. The molecule has 3 N–H and O–H groups in total. The average molecular weight is 372 g/mol. The molecule has 0 aliphatic carbocycles. The quantitative estimate of drug-likeness (QED) is 0.625. The molecular weight excluding hydrogens is 348 g/mol. The highest BCUT2D eigenvalue weighted by Gasteiger charge is 2.18. The molecule has 2 aromatic rings. The summed E-state index contributed by atoms with van der Waals surface area (Å²) in [6.45, 7) is 3.99. The number of rotatable bonds is 7. The van der Waals surface area contributed by atoms with Crippen molar-refractivity contribution >= 4 is 17.5 Å². The number of hydrogen-bond acceptors (Lipinski definition) is 6. The van der Waals surface area contributed by atoms with Crippen LogP contribution in [0.1, 0.15) is 36.3 Å². The molecule has 1 fully saturated rings. The predicted molar refractivity (Wildman–Crippen MR) is 99.7 cm³/mol. The largest absolute Gasteiger partial charge is 0.492 e. The fourth-order valence-corrected chi connectivity index (χ4v) is 2.92. The molecule has 144 valence electrons. The molecule has 0 saturated carbocycles. The van der Waals surface area contributed by atoms with Crippen molar-refractivity contribution in [2.24, 2.45) is 0 Å². The molecule has 1 aromatic carbocycles. The molecule has 0 spiro atoms. The van der Waals surface area contributed by atoms with Gasteiger partial charge in [0.1, 0.15) is 12.4 Å². The lowest BCUT2D eigenvalue weighted by Crippen LogP contribution is -2.30. The second-order valence-electron chi connectivity index (χ2n) is 6.38. The van der Waals surface area contributed by atoms with Crippen molar-refractivity contribution < 1.29 is 14.3 Å². The van der Waals surface area contributed by atoms with E-state index in [4.69, 9.17) is 4.74 Å². The highest BCUT2D eigenvalue weighted by Crippen LogP contribution is 2.18. The molecule has 0 unspecified atom stereocenters. The Labute approximate surface area is 157 Å². The number of amides is 2. The van der Waals surface area contributed by atoms with E-state index in [0.717, 1.165) is 25.9 Å². The van der Waals surface area contributed by atoms with E-state index in [1.165, 1.54) is 6.92 Å². The van der Waals surface area contributed by atoms with Crippen molar-refractivity contribution in [3.05, 3.63) is 36.2 Å². The van der Waals surface area contributed by atoms with E-state index < -0.39 is 0 Å². The number of anilines is 1. The normalized spacial score (nSPS) is 14.6. The number of carbonyl (C=O) groups is 2. The minimum atomic E-state index is -0.272. The van der Waals surface area contributed by atoms with Crippen LogP contribution in [0.25, 0.3) is 0 Å². The number of piperidine rings is 1. The van der Waals surface area contributed by atoms with Crippen LogP contribution in [0.2, 0.25) is 0 Å². The fourth-order valence-electron chi connectivity index (χ4n) is 2.92. The standard InChI is InChI=1S/C18H24N6O3/c1-13(25)21-14-3-2-4-16(11-14)27-10-9-20-18(26)17-12-24(23-22-17)15-5-7-19-8-6-15/h2-4,11-12,15,19H,5-10H2,1H3,(H,20,26)(H,21,25). The van der Waals surface area contributed by atoms with Gasteiger partial charge in [0, 0.05) is 18.7 Å². The Hall–Kier alpha value is -2.94. The van der Waals surface area contributed by atoms with Crippen molar-refractivity contribution in [2.45, 2.75) is 25.8 Å². The summed E-state index contributed by atoms with van der Waals surface area (Å²) in [5.74, 6) is 0.204. The van der Waals surface area contributed by atoms with Crippen molar-refractivity contribution in [2.75, 3.05) is 31.6 Å². The predicted octanol–water partition coefficient (Wildman–Crippen LogP) is 0.970. The molecule has 2 heterocycles. The number of carbonyl (C=O) groups excluding carboxylic acids is 2. The van der Waals surface area contributed by atoms with E-state index in [1.54, 1.807) is 35.1 Å². The molecule has 27 heavy (non-hydrogen) atoms. The lowest BCUT2D eigenvalue weighted by molar-refractivity contribution is -0.114. The smallest absolute Gasteiger partial charge is 0.273 e. The number of ether oxygens (including phenoxy) is 1. The first kappa shape index (κ1) is 18.8.